The maximum Gasteiger partial charge on any atom is 0.141 e. The third-order valence-corrected chi connectivity index (χ3v) is 3.33. The molecule has 4 nitrogen and oxygen atoms in total. The van der Waals surface area contributed by atoms with Crippen molar-refractivity contribution in [1.82, 2.24) is 9.97 Å². The second-order valence-electron chi connectivity index (χ2n) is 4.77. The molecule has 0 atom stereocenters. The molecule has 0 saturated heterocycles. The fraction of sp³-hybridized carbons (Fsp3) is 0.333. The second-order valence-corrected chi connectivity index (χ2v) is 4.77. The van der Waals surface area contributed by atoms with Gasteiger partial charge in [-0.3, -0.25) is 0 Å². The van der Waals surface area contributed by atoms with E-state index < -0.39 is 0 Å². The van der Waals surface area contributed by atoms with E-state index in [9.17, 15) is 0 Å². The van der Waals surface area contributed by atoms with E-state index in [0.29, 0.717) is 0 Å². The van der Waals surface area contributed by atoms with Crippen LogP contribution in [0.1, 0.15) is 16.7 Å². The summed E-state index contributed by atoms with van der Waals surface area (Å²) in [4.78, 5) is 10.7. The average Bonchev–Trinajstić information content (AvgIpc) is 2.38. The number of aromatic nitrogens is 2. The second kappa shape index (κ2) is 5.26. The smallest absolute Gasteiger partial charge is 0.141 e. The number of rotatable bonds is 3. The zero-order valence-corrected chi connectivity index (χ0v) is 12.2. The Bertz CT molecular complexity index is 593. The Morgan fingerprint density at radius 3 is 2.47 bits per heavy atom. The van der Waals surface area contributed by atoms with Crippen molar-refractivity contribution >= 4 is 17.3 Å². The predicted molar refractivity (Wildman–Crippen MR) is 80.3 cm³/mol. The van der Waals surface area contributed by atoms with E-state index in [4.69, 9.17) is 0 Å². The molecule has 0 spiro atoms. The highest BCUT2D eigenvalue weighted by Crippen LogP contribution is 2.29. The predicted octanol–water partition coefficient (Wildman–Crippen LogP) is 3.21. The molecule has 1 heterocycles. The Morgan fingerprint density at radius 2 is 1.84 bits per heavy atom. The van der Waals surface area contributed by atoms with E-state index >= 15 is 0 Å². The van der Waals surface area contributed by atoms with Gasteiger partial charge in [0.25, 0.3) is 0 Å². The molecule has 0 aliphatic heterocycles. The maximum absolute atomic E-state index is 4.40. The van der Waals surface area contributed by atoms with Crippen molar-refractivity contribution in [1.29, 1.82) is 0 Å². The van der Waals surface area contributed by atoms with Crippen LogP contribution >= 0.6 is 0 Å². The molecular formula is C15H20N4. The van der Waals surface area contributed by atoms with Crippen molar-refractivity contribution in [2.45, 2.75) is 20.8 Å². The molecule has 100 valence electrons. The summed E-state index contributed by atoms with van der Waals surface area (Å²) in [5, 5.41) is 3.09. The molecule has 2 aromatic rings. The van der Waals surface area contributed by atoms with Gasteiger partial charge in [-0.25, -0.2) is 9.97 Å². The highest BCUT2D eigenvalue weighted by atomic mass is 15.2. The number of anilines is 3. The van der Waals surface area contributed by atoms with Crippen molar-refractivity contribution in [3.63, 3.8) is 0 Å². The van der Waals surface area contributed by atoms with E-state index in [2.05, 4.69) is 52.2 Å². The van der Waals surface area contributed by atoms with E-state index in [1.165, 1.54) is 11.1 Å². The molecule has 0 aliphatic rings. The van der Waals surface area contributed by atoms with Crippen LogP contribution in [0.5, 0.6) is 0 Å². The van der Waals surface area contributed by atoms with Crippen molar-refractivity contribution in [2.24, 2.45) is 0 Å². The molecular weight excluding hydrogens is 236 g/mol. The Labute approximate surface area is 114 Å². The molecule has 19 heavy (non-hydrogen) atoms. The van der Waals surface area contributed by atoms with Gasteiger partial charge in [-0.15, -0.1) is 0 Å². The summed E-state index contributed by atoms with van der Waals surface area (Å²) < 4.78 is 0. The van der Waals surface area contributed by atoms with Gasteiger partial charge in [0.15, 0.2) is 0 Å². The van der Waals surface area contributed by atoms with Gasteiger partial charge in [-0.2, -0.15) is 0 Å². The fourth-order valence-corrected chi connectivity index (χ4v) is 2.33. The molecule has 1 N–H and O–H groups in total. The van der Waals surface area contributed by atoms with E-state index in [1.807, 2.05) is 21.0 Å². The monoisotopic (exact) mass is 256 g/mol. The number of aryl methyl sites for hydroxylation is 2. The van der Waals surface area contributed by atoms with Gasteiger partial charge in [-0.1, -0.05) is 17.7 Å². The summed E-state index contributed by atoms with van der Waals surface area (Å²) in [5.41, 5.74) is 4.72. The van der Waals surface area contributed by atoms with Crippen LogP contribution in [-0.2, 0) is 0 Å². The first kappa shape index (κ1) is 13.3. The molecule has 0 aliphatic carbocycles. The molecule has 2 rings (SSSR count). The Balaban J connectivity index is 2.47. The minimum absolute atomic E-state index is 0.863. The Kier molecular flexibility index (Phi) is 3.69. The Morgan fingerprint density at radius 1 is 1.11 bits per heavy atom. The average molecular weight is 256 g/mol. The molecule has 1 aromatic heterocycles. The summed E-state index contributed by atoms with van der Waals surface area (Å²) in [6.45, 7) is 6.25. The first-order valence-electron chi connectivity index (χ1n) is 6.35. The zero-order valence-electron chi connectivity index (χ0n) is 12.2. The lowest BCUT2D eigenvalue weighted by atomic mass is 10.1. The first-order valence-corrected chi connectivity index (χ1v) is 6.35. The minimum atomic E-state index is 0.863. The van der Waals surface area contributed by atoms with Crippen LogP contribution in [0.4, 0.5) is 17.3 Å². The lowest BCUT2D eigenvalue weighted by molar-refractivity contribution is 1.04. The largest absolute Gasteiger partial charge is 0.373 e. The summed E-state index contributed by atoms with van der Waals surface area (Å²) in [6, 6.07) is 6.43. The fourth-order valence-electron chi connectivity index (χ4n) is 2.33. The van der Waals surface area contributed by atoms with Gasteiger partial charge in [-0.05, 0) is 32.4 Å². The van der Waals surface area contributed by atoms with Crippen molar-refractivity contribution in [3.8, 4) is 0 Å². The minimum Gasteiger partial charge on any atom is -0.373 e. The first-order chi connectivity index (χ1) is 9.04. The van der Waals surface area contributed by atoms with Crippen LogP contribution in [0.3, 0.4) is 0 Å². The third kappa shape index (κ3) is 2.52. The molecule has 0 fully saturated rings. The van der Waals surface area contributed by atoms with Gasteiger partial charge in [0.05, 0.1) is 0 Å². The van der Waals surface area contributed by atoms with Crippen LogP contribution in [0.25, 0.3) is 0 Å². The third-order valence-electron chi connectivity index (χ3n) is 3.33. The van der Waals surface area contributed by atoms with Crippen LogP contribution in [0.15, 0.2) is 24.5 Å². The topological polar surface area (TPSA) is 41.1 Å². The highest BCUT2D eigenvalue weighted by Gasteiger charge is 2.13. The maximum atomic E-state index is 4.40. The summed E-state index contributed by atoms with van der Waals surface area (Å²) in [7, 11) is 3.91. The molecule has 4 heteroatoms. The van der Waals surface area contributed by atoms with Crippen LogP contribution in [0.2, 0.25) is 0 Å². The Hall–Kier alpha value is -2.10. The van der Waals surface area contributed by atoms with Gasteiger partial charge in [0, 0.05) is 25.3 Å². The van der Waals surface area contributed by atoms with Crippen molar-refractivity contribution < 1.29 is 0 Å². The van der Waals surface area contributed by atoms with Gasteiger partial charge < -0.3 is 10.2 Å². The number of hydrogen-bond donors (Lipinski definition) is 1. The molecule has 0 saturated carbocycles. The molecule has 0 radical (unpaired) electrons. The highest BCUT2D eigenvalue weighted by molar-refractivity contribution is 5.68. The van der Waals surface area contributed by atoms with Crippen molar-refractivity contribution in [3.05, 3.63) is 41.2 Å². The number of nitrogens with zero attached hydrogens (tertiary/aromatic N) is 3. The lowest BCUT2D eigenvalue weighted by Crippen LogP contribution is -2.15. The normalized spacial score (nSPS) is 10.4. The van der Waals surface area contributed by atoms with Crippen LogP contribution in [-0.4, -0.2) is 24.1 Å². The standard InChI is InChI=1S/C15H20N4/c1-10-6-7-13(11(2)8-10)19(5)15-12(3)14(16-4)17-9-18-15/h6-9H,1-5H3,(H,16,17,18). The number of nitrogens with one attached hydrogen (secondary N) is 1. The zero-order chi connectivity index (χ0) is 14.0. The van der Waals surface area contributed by atoms with E-state index in [1.54, 1.807) is 6.33 Å². The van der Waals surface area contributed by atoms with Gasteiger partial charge in [0.2, 0.25) is 0 Å². The SMILES string of the molecule is CNc1ncnc(N(C)c2ccc(C)cc2C)c1C. The molecule has 1 aromatic carbocycles. The lowest BCUT2D eigenvalue weighted by Gasteiger charge is -2.23. The van der Waals surface area contributed by atoms with Gasteiger partial charge in [0.1, 0.15) is 18.0 Å². The summed E-state index contributed by atoms with van der Waals surface area (Å²) >= 11 is 0. The van der Waals surface area contributed by atoms with E-state index in [0.717, 1.165) is 22.9 Å². The van der Waals surface area contributed by atoms with E-state index in [-0.39, 0.29) is 0 Å². The quantitative estimate of drug-likeness (QED) is 0.915. The number of benzene rings is 1. The number of hydrogen-bond acceptors (Lipinski definition) is 4. The molecule has 0 bridgehead atoms. The molecule has 0 amide bonds. The van der Waals surface area contributed by atoms with Crippen LogP contribution in [0, 0.1) is 20.8 Å². The van der Waals surface area contributed by atoms with Crippen LogP contribution < -0.4 is 10.2 Å². The summed E-state index contributed by atoms with van der Waals surface area (Å²) in [6.07, 6.45) is 1.59. The van der Waals surface area contributed by atoms with Gasteiger partial charge >= 0.3 is 0 Å². The summed E-state index contributed by atoms with van der Waals surface area (Å²) in [5.74, 6) is 1.79. The molecule has 0 unspecified atom stereocenters. The van der Waals surface area contributed by atoms with Crippen molar-refractivity contribution in [2.75, 3.05) is 24.3 Å².